The number of rotatable bonds is 8. The Bertz CT molecular complexity index is 463. The fourth-order valence-electron chi connectivity index (χ4n) is 2.89. The Hall–Kier alpha value is -0.810. The van der Waals surface area contributed by atoms with Crippen LogP contribution >= 0.6 is 11.6 Å². The molecular formula is C16H26ClN3O. The summed E-state index contributed by atoms with van der Waals surface area (Å²) in [7, 11) is 0. The van der Waals surface area contributed by atoms with E-state index in [1.54, 1.807) is 0 Å². The van der Waals surface area contributed by atoms with Gasteiger partial charge in [0, 0.05) is 17.5 Å². The summed E-state index contributed by atoms with van der Waals surface area (Å²) < 4.78 is 5.76. The average molecular weight is 312 g/mol. The summed E-state index contributed by atoms with van der Waals surface area (Å²) in [5.41, 5.74) is 5.32. The second kappa shape index (κ2) is 7.99. The van der Waals surface area contributed by atoms with Crippen molar-refractivity contribution in [3.8, 4) is 5.75 Å². The highest BCUT2D eigenvalue weighted by Gasteiger charge is 2.20. The van der Waals surface area contributed by atoms with Crippen molar-refractivity contribution in [3.05, 3.63) is 28.3 Å². The van der Waals surface area contributed by atoms with Crippen LogP contribution in [0.1, 0.15) is 31.4 Å². The molecule has 118 valence electrons. The number of hydrogen-bond donors (Lipinski definition) is 2. The van der Waals surface area contributed by atoms with Gasteiger partial charge in [0.05, 0.1) is 6.61 Å². The van der Waals surface area contributed by atoms with E-state index in [4.69, 9.17) is 22.2 Å². The summed E-state index contributed by atoms with van der Waals surface area (Å²) in [5, 5.41) is 0.786. The first-order chi connectivity index (χ1) is 10.2. The minimum Gasteiger partial charge on any atom is -0.493 e. The van der Waals surface area contributed by atoms with Crippen LogP contribution in [0.3, 0.4) is 0 Å². The molecule has 0 amide bonds. The summed E-state index contributed by atoms with van der Waals surface area (Å²) in [4.78, 5) is 2.41. The van der Waals surface area contributed by atoms with Gasteiger partial charge in [-0.3, -0.25) is 11.3 Å². The third kappa shape index (κ3) is 4.33. The van der Waals surface area contributed by atoms with Crippen molar-refractivity contribution in [1.29, 1.82) is 0 Å². The van der Waals surface area contributed by atoms with Crippen LogP contribution < -0.4 is 16.0 Å². The SMILES string of the molecule is CCN(CC)CCC(Cc1cc(Cl)cc2c1OCC2)NN. The van der Waals surface area contributed by atoms with Crippen LogP contribution in [0.25, 0.3) is 0 Å². The number of ether oxygens (including phenoxy) is 1. The normalized spacial score (nSPS) is 15.1. The lowest BCUT2D eigenvalue weighted by molar-refractivity contribution is 0.280. The lowest BCUT2D eigenvalue weighted by Gasteiger charge is -2.23. The molecule has 0 aromatic heterocycles. The lowest BCUT2D eigenvalue weighted by Crippen LogP contribution is -2.39. The van der Waals surface area contributed by atoms with Crippen molar-refractivity contribution in [2.24, 2.45) is 5.84 Å². The highest BCUT2D eigenvalue weighted by molar-refractivity contribution is 6.30. The minimum atomic E-state index is 0.234. The Morgan fingerprint density at radius 1 is 1.38 bits per heavy atom. The van der Waals surface area contributed by atoms with Gasteiger partial charge < -0.3 is 9.64 Å². The summed E-state index contributed by atoms with van der Waals surface area (Å²) in [6.45, 7) is 8.32. The maximum absolute atomic E-state index is 6.21. The third-order valence-electron chi connectivity index (χ3n) is 4.22. The predicted molar refractivity (Wildman–Crippen MR) is 87.9 cm³/mol. The van der Waals surface area contributed by atoms with Crippen LogP contribution in [0.2, 0.25) is 5.02 Å². The van der Waals surface area contributed by atoms with Crippen LogP contribution in [-0.4, -0.2) is 37.2 Å². The van der Waals surface area contributed by atoms with Gasteiger partial charge in [0.25, 0.3) is 0 Å². The Labute approximate surface area is 132 Å². The summed E-state index contributed by atoms with van der Waals surface area (Å²) in [5.74, 6) is 6.75. The van der Waals surface area contributed by atoms with Gasteiger partial charge in [-0.2, -0.15) is 0 Å². The predicted octanol–water partition coefficient (Wildman–Crippen LogP) is 2.38. The highest BCUT2D eigenvalue weighted by atomic mass is 35.5. The van der Waals surface area contributed by atoms with Gasteiger partial charge >= 0.3 is 0 Å². The zero-order valence-electron chi connectivity index (χ0n) is 13.0. The van der Waals surface area contributed by atoms with Crippen LogP contribution in [0.5, 0.6) is 5.75 Å². The molecule has 2 rings (SSSR count). The van der Waals surface area contributed by atoms with Crippen molar-refractivity contribution >= 4 is 11.6 Å². The molecule has 0 radical (unpaired) electrons. The molecule has 1 atom stereocenters. The molecule has 0 bridgehead atoms. The molecule has 3 N–H and O–H groups in total. The van der Waals surface area contributed by atoms with Gasteiger partial charge in [-0.25, -0.2) is 0 Å². The summed E-state index contributed by atoms with van der Waals surface area (Å²) in [6.07, 6.45) is 2.81. The van der Waals surface area contributed by atoms with Crippen molar-refractivity contribution < 1.29 is 4.74 Å². The maximum Gasteiger partial charge on any atom is 0.125 e. The van der Waals surface area contributed by atoms with Crippen molar-refractivity contribution in [2.75, 3.05) is 26.2 Å². The van der Waals surface area contributed by atoms with E-state index in [2.05, 4.69) is 24.2 Å². The number of hydrogen-bond acceptors (Lipinski definition) is 4. The summed E-state index contributed by atoms with van der Waals surface area (Å²) in [6, 6.07) is 4.25. The Morgan fingerprint density at radius 3 is 2.81 bits per heavy atom. The molecule has 0 spiro atoms. The molecule has 21 heavy (non-hydrogen) atoms. The third-order valence-corrected chi connectivity index (χ3v) is 4.43. The number of fused-ring (bicyclic) bond motifs is 1. The van der Waals surface area contributed by atoms with E-state index in [1.165, 1.54) is 5.56 Å². The smallest absolute Gasteiger partial charge is 0.125 e. The fourth-order valence-corrected chi connectivity index (χ4v) is 3.15. The zero-order chi connectivity index (χ0) is 15.2. The zero-order valence-corrected chi connectivity index (χ0v) is 13.7. The first-order valence-electron chi connectivity index (χ1n) is 7.80. The highest BCUT2D eigenvalue weighted by Crippen LogP contribution is 2.33. The number of nitrogens with zero attached hydrogens (tertiary/aromatic N) is 1. The Morgan fingerprint density at radius 2 is 2.14 bits per heavy atom. The fraction of sp³-hybridized carbons (Fsp3) is 0.625. The van der Waals surface area contributed by atoms with E-state index in [0.717, 1.165) is 61.8 Å². The number of nitrogens with one attached hydrogen (secondary N) is 1. The van der Waals surface area contributed by atoms with E-state index >= 15 is 0 Å². The van der Waals surface area contributed by atoms with Crippen molar-refractivity contribution in [3.63, 3.8) is 0 Å². The van der Waals surface area contributed by atoms with Gasteiger partial charge in [0.2, 0.25) is 0 Å². The van der Waals surface area contributed by atoms with Crippen LogP contribution in [0.15, 0.2) is 12.1 Å². The van der Waals surface area contributed by atoms with E-state index in [-0.39, 0.29) is 6.04 Å². The summed E-state index contributed by atoms with van der Waals surface area (Å²) >= 11 is 6.21. The molecule has 1 heterocycles. The van der Waals surface area contributed by atoms with Gasteiger partial charge in [-0.05, 0) is 55.7 Å². The molecular weight excluding hydrogens is 286 g/mol. The standard InChI is InChI=1S/C16H26ClN3O/c1-3-20(4-2)7-5-15(19-18)11-13-10-14(17)9-12-6-8-21-16(12)13/h9-10,15,19H,3-8,11,18H2,1-2H3. The largest absolute Gasteiger partial charge is 0.493 e. The van der Waals surface area contributed by atoms with E-state index < -0.39 is 0 Å². The van der Waals surface area contributed by atoms with Crippen molar-refractivity contribution in [2.45, 2.75) is 39.2 Å². The Kier molecular flexibility index (Phi) is 6.30. The van der Waals surface area contributed by atoms with E-state index in [9.17, 15) is 0 Å². The molecule has 0 saturated carbocycles. The molecule has 0 saturated heterocycles. The maximum atomic E-state index is 6.21. The topological polar surface area (TPSA) is 50.5 Å². The molecule has 0 aliphatic carbocycles. The number of halogens is 1. The lowest BCUT2D eigenvalue weighted by atomic mass is 10.00. The van der Waals surface area contributed by atoms with Gasteiger partial charge in [-0.1, -0.05) is 25.4 Å². The number of hydrazine groups is 1. The molecule has 1 aliphatic rings. The molecule has 1 aliphatic heterocycles. The quantitative estimate of drug-likeness (QED) is 0.572. The molecule has 4 nitrogen and oxygen atoms in total. The molecule has 0 fully saturated rings. The van der Waals surface area contributed by atoms with Crippen LogP contribution in [0.4, 0.5) is 0 Å². The van der Waals surface area contributed by atoms with E-state index in [0.29, 0.717) is 0 Å². The van der Waals surface area contributed by atoms with Crippen LogP contribution in [0, 0.1) is 0 Å². The molecule has 1 aromatic rings. The second-order valence-electron chi connectivity index (χ2n) is 5.53. The molecule has 5 heteroatoms. The number of benzene rings is 1. The first-order valence-corrected chi connectivity index (χ1v) is 8.18. The first kappa shape index (κ1) is 16.6. The molecule has 1 aromatic carbocycles. The Balaban J connectivity index is 2.02. The second-order valence-corrected chi connectivity index (χ2v) is 5.97. The van der Waals surface area contributed by atoms with Crippen LogP contribution in [-0.2, 0) is 12.8 Å². The monoisotopic (exact) mass is 311 g/mol. The molecule has 1 unspecified atom stereocenters. The van der Waals surface area contributed by atoms with Gasteiger partial charge in [0.15, 0.2) is 0 Å². The van der Waals surface area contributed by atoms with Gasteiger partial charge in [0.1, 0.15) is 5.75 Å². The van der Waals surface area contributed by atoms with E-state index in [1.807, 2.05) is 12.1 Å². The number of nitrogens with two attached hydrogens (primary N) is 1. The van der Waals surface area contributed by atoms with Gasteiger partial charge in [-0.15, -0.1) is 0 Å². The van der Waals surface area contributed by atoms with Crippen molar-refractivity contribution in [1.82, 2.24) is 10.3 Å². The average Bonchev–Trinajstić information content (AvgIpc) is 2.95. The minimum absolute atomic E-state index is 0.234.